The summed E-state index contributed by atoms with van der Waals surface area (Å²) in [6.45, 7) is 0. The molecule has 3 heteroatoms. The molecular weight excluding hydrogens is 248 g/mol. The van der Waals surface area contributed by atoms with Gasteiger partial charge in [-0.05, 0) is 17.0 Å². The predicted octanol–water partition coefficient (Wildman–Crippen LogP) is 4.25. The van der Waals surface area contributed by atoms with Crippen molar-refractivity contribution >= 4 is 28.9 Å². The van der Waals surface area contributed by atoms with Crippen molar-refractivity contribution < 1.29 is 4.79 Å². The highest BCUT2D eigenvalue weighted by Gasteiger charge is 2.05. The van der Waals surface area contributed by atoms with E-state index in [2.05, 4.69) is 12.1 Å². The molecule has 0 aliphatic carbocycles. The van der Waals surface area contributed by atoms with Crippen LogP contribution in [0, 0.1) is 0 Å². The second-order valence-corrected chi connectivity index (χ2v) is 5.61. The Labute approximate surface area is 110 Å². The Kier molecular flexibility index (Phi) is 4.83. The Morgan fingerprint density at radius 1 is 1.18 bits per heavy atom. The molecule has 1 aromatic carbocycles. The smallest absolute Gasteiger partial charge is 0.164 e. The number of carbonyl (C=O) groups is 1. The molecule has 0 radical (unpaired) electrons. The van der Waals surface area contributed by atoms with Gasteiger partial charge >= 0.3 is 0 Å². The first-order valence-corrected chi connectivity index (χ1v) is 7.63. The molecule has 88 valence electrons. The molecule has 0 bridgehead atoms. The zero-order valence-corrected chi connectivity index (χ0v) is 11.1. The zero-order chi connectivity index (χ0) is 11.9. The van der Waals surface area contributed by atoms with Crippen LogP contribution in [0.25, 0.3) is 0 Å². The van der Waals surface area contributed by atoms with Crippen LogP contribution in [-0.2, 0) is 5.75 Å². The Morgan fingerprint density at radius 3 is 2.71 bits per heavy atom. The Bertz CT molecular complexity index is 448. The summed E-state index contributed by atoms with van der Waals surface area (Å²) in [5.41, 5.74) is 2.18. The summed E-state index contributed by atoms with van der Waals surface area (Å²) in [7, 11) is 0. The first-order valence-electron chi connectivity index (χ1n) is 5.53. The molecule has 0 N–H and O–H groups in total. The lowest BCUT2D eigenvalue weighted by atomic mass is 10.2. The fourth-order valence-electron chi connectivity index (χ4n) is 1.50. The quantitative estimate of drug-likeness (QED) is 0.571. The number of hydrogen-bond acceptors (Lipinski definition) is 3. The van der Waals surface area contributed by atoms with Gasteiger partial charge in [0.15, 0.2) is 5.78 Å². The molecule has 0 aliphatic rings. The second-order valence-electron chi connectivity index (χ2n) is 3.72. The van der Waals surface area contributed by atoms with Crippen LogP contribution in [0.3, 0.4) is 0 Å². The van der Waals surface area contributed by atoms with E-state index in [-0.39, 0.29) is 5.78 Å². The molecule has 0 spiro atoms. The minimum absolute atomic E-state index is 0.256. The van der Waals surface area contributed by atoms with Gasteiger partial charge in [0.1, 0.15) is 0 Å². The van der Waals surface area contributed by atoms with Gasteiger partial charge in [0, 0.05) is 28.9 Å². The van der Waals surface area contributed by atoms with E-state index in [0.29, 0.717) is 6.42 Å². The van der Waals surface area contributed by atoms with E-state index < -0.39 is 0 Å². The first kappa shape index (κ1) is 12.4. The van der Waals surface area contributed by atoms with Crippen LogP contribution in [0.1, 0.15) is 22.3 Å². The average molecular weight is 262 g/mol. The van der Waals surface area contributed by atoms with Gasteiger partial charge in [-0.2, -0.15) is 23.1 Å². The Morgan fingerprint density at radius 2 is 2.00 bits per heavy atom. The van der Waals surface area contributed by atoms with E-state index in [1.54, 1.807) is 11.3 Å². The van der Waals surface area contributed by atoms with Crippen LogP contribution in [0.15, 0.2) is 47.2 Å². The van der Waals surface area contributed by atoms with Crippen molar-refractivity contribution in [2.75, 3.05) is 5.75 Å². The normalized spacial score (nSPS) is 10.4. The lowest BCUT2D eigenvalue weighted by molar-refractivity contribution is 0.0990. The molecule has 0 saturated heterocycles. The lowest BCUT2D eigenvalue weighted by Crippen LogP contribution is -1.98. The third kappa shape index (κ3) is 4.02. The van der Waals surface area contributed by atoms with Crippen molar-refractivity contribution in [3.05, 3.63) is 58.3 Å². The summed E-state index contributed by atoms with van der Waals surface area (Å²) in [5, 5.41) is 3.87. The van der Waals surface area contributed by atoms with Gasteiger partial charge in [-0.25, -0.2) is 0 Å². The molecule has 2 rings (SSSR count). The molecule has 0 aliphatic heterocycles. The topological polar surface area (TPSA) is 17.1 Å². The van der Waals surface area contributed by atoms with Gasteiger partial charge < -0.3 is 0 Å². The van der Waals surface area contributed by atoms with Crippen LogP contribution in [0.4, 0.5) is 0 Å². The molecule has 1 nitrogen and oxygen atoms in total. The van der Waals surface area contributed by atoms with Gasteiger partial charge in [0.25, 0.3) is 0 Å². The largest absolute Gasteiger partial charge is 0.294 e. The summed E-state index contributed by atoms with van der Waals surface area (Å²) in [6.07, 6.45) is 0.633. The highest BCUT2D eigenvalue weighted by Crippen LogP contribution is 2.15. The van der Waals surface area contributed by atoms with Crippen LogP contribution in [0.5, 0.6) is 0 Å². The molecule has 1 heterocycles. The van der Waals surface area contributed by atoms with Crippen molar-refractivity contribution in [2.24, 2.45) is 0 Å². The van der Waals surface area contributed by atoms with Crippen LogP contribution < -0.4 is 0 Å². The molecule has 1 aromatic heterocycles. The molecule has 2 aromatic rings. The number of thiophene rings is 1. The number of carbonyl (C=O) groups excluding carboxylic acids is 1. The van der Waals surface area contributed by atoms with Crippen molar-refractivity contribution in [1.29, 1.82) is 0 Å². The maximum Gasteiger partial charge on any atom is 0.164 e. The maximum atomic E-state index is 11.7. The average Bonchev–Trinajstić information content (AvgIpc) is 2.89. The number of ketones is 1. The summed E-state index contributed by atoms with van der Waals surface area (Å²) in [5.74, 6) is 2.13. The Hall–Kier alpha value is -1.06. The summed E-state index contributed by atoms with van der Waals surface area (Å²) in [6, 6.07) is 12.3. The maximum absolute atomic E-state index is 11.7. The molecule has 0 fully saturated rings. The highest BCUT2D eigenvalue weighted by atomic mass is 32.2. The fraction of sp³-hybridized carbons (Fsp3) is 0.214. The van der Waals surface area contributed by atoms with Crippen LogP contribution in [0.2, 0.25) is 0 Å². The van der Waals surface area contributed by atoms with Crippen LogP contribution in [-0.4, -0.2) is 11.5 Å². The van der Waals surface area contributed by atoms with E-state index in [4.69, 9.17) is 0 Å². The first-order chi connectivity index (χ1) is 8.36. The van der Waals surface area contributed by atoms with E-state index in [1.165, 1.54) is 5.56 Å². The van der Waals surface area contributed by atoms with E-state index >= 15 is 0 Å². The SMILES string of the molecule is O=C(CCSCc1ccccc1)c1ccsc1. The van der Waals surface area contributed by atoms with E-state index in [0.717, 1.165) is 17.1 Å². The second kappa shape index (κ2) is 6.62. The third-order valence-electron chi connectivity index (χ3n) is 2.43. The minimum Gasteiger partial charge on any atom is -0.294 e. The molecule has 0 atom stereocenters. The van der Waals surface area contributed by atoms with E-state index in [9.17, 15) is 4.79 Å². The third-order valence-corrected chi connectivity index (χ3v) is 4.14. The number of benzene rings is 1. The zero-order valence-electron chi connectivity index (χ0n) is 9.46. The van der Waals surface area contributed by atoms with Gasteiger partial charge in [-0.1, -0.05) is 30.3 Å². The predicted molar refractivity (Wildman–Crippen MR) is 75.9 cm³/mol. The van der Waals surface area contributed by atoms with Crippen molar-refractivity contribution in [3.63, 3.8) is 0 Å². The van der Waals surface area contributed by atoms with Crippen molar-refractivity contribution in [3.8, 4) is 0 Å². The number of Topliss-reactive ketones (excluding diaryl/α,β-unsaturated/α-hetero) is 1. The fourth-order valence-corrected chi connectivity index (χ4v) is 3.06. The number of hydrogen-bond donors (Lipinski definition) is 0. The standard InChI is InChI=1S/C14H14OS2/c15-14(13-6-8-17-11-13)7-9-16-10-12-4-2-1-3-5-12/h1-6,8,11H,7,9-10H2. The number of thioether (sulfide) groups is 1. The molecule has 0 saturated carbocycles. The molecule has 0 amide bonds. The summed E-state index contributed by atoms with van der Waals surface area (Å²) < 4.78 is 0. The highest BCUT2D eigenvalue weighted by molar-refractivity contribution is 7.98. The van der Waals surface area contributed by atoms with Gasteiger partial charge in [0.2, 0.25) is 0 Å². The lowest BCUT2D eigenvalue weighted by Gasteiger charge is -2.01. The van der Waals surface area contributed by atoms with Gasteiger partial charge in [-0.15, -0.1) is 0 Å². The molecule has 0 unspecified atom stereocenters. The number of rotatable bonds is 6. The minimum atomic E-state index is 0.256. The van der Waals surface area contributed by atoms with Gasteiger partial charge in [-0.3, -0.25) is 4.79 Å². The van der Waals surface area contributed by atoms with Gasteiger partial charge in [0.05, 0.1) is 0 Å². The van der Waals surface area contributed by atoms with Crippen molar-refractivity contribution in [2.45, 2.75) is 12.2 Å². The van der Waals surface area contributed by atoms with Crippen LogP contribution >= 0.6 is 23.1 Å². The summed E-state index contributed by atoms with van der Waals surface area (Å²) in [4.78, 5) is 11.7. The molecule has 17 heavy (non-hydrogen) atoms. The van der Waals surface area contributed by atoms with E-state index in [1.807, 2.05) is 46.8 Å². The summed E-state index contributed by atoms with van der Waals surface area (Å²) >= 11 is 3.39. The Balaban J connectivity index is 1.69. The monoisotopic (exact) mass is 262 g/mol. The molecular formula is C14H14OS2. The van der Waals surface area contributed by atoms with Crippen molar-refractivity contribution in [1.82, 2.24) is 0 Å².